The molecule has 6 rings (SSSR count). The van der Waals surface area contributed by atoms with Crippen LogP contribution in [0.1, 0.15) is 16.1 Å². The predicted molar refractivity (Wildman–Crippen MR) is 138 cm³/mol. The molecule has 6 aromatic rings. The van der Waals surface area contributed by atoms with Gasteiger partial charge in [-0.05, 0) is 50.5 Å². The van der Waals surface area contributed by atoms with Crippen molar-refractivity contribution in [2.24, 2.45) is 5.10 Å². The summed E-state index contributed by atoms with van der Waals surface area (Å²) in [5.74, 6) is -0.347. The van der Waals surface area contributed by atoms with Crippen molar-refractivity contribution in [1.29, 1.82) is 0 Å². The van der Waals surface area contributed by atoms with Gasteiger partial charge in [0, 0.05) is 11.1 Å². The third kappa shape index (κ3) is 3.59. The summed E-state index contributed by atoms with van der Waals surface area (Å²) in [6.07, 6.45) is 1.71. The van der Waals surface area contributed by atoms with Crippen LogP contribution in [0.5, 0.6) is 0 Å². The van der Waals surface area contributed by atoms with Gasteiger partial charge >= 0.3 is 0 Å². The van der Waals surface area contributed by atoms with Crippen LogP contribution in [0, 0.1) is 0 Å². The molecule has 0 aliphatic rings. The summed E-state index contributed by atoms with van der Waals surface area (Å²) in [6, 6.07) is 34.5. The van der Waals surface area contributed by atoms with Gasteiger partial charge in [-0.1, -0.05) is 84.9 Å². The van der Waals surface area contributed by atoms with E-state index in [1.54, 1.807) is 12.3 Å². The maximum absolute atomic E-state index is 12.7. The van der Waals surface area contributed by atoms with E-state index in [2.05, 4.69) is 75.3 Å². The molecule has 0 aliphatic carbocycles. The molecule has 34 heavy (non-hydrogen) atoms. The van der Waals surface area contributed by atoms with Crippen LogP contribution in [-0.4, -0.2) is 22.3 Å². The van der Waals surface area contributed by atoms with E-state index in [0.29, 0.717) is 11.4 Å². The van der Waals surface area contributed by atoms with E-state index in [1.807, 2.05) is 42.5 Å². The second-order valence-electron chi connectivity index (χ2n) is 8.16. The van der Waals surface area contributed by atoms with Gasteiger partial charge in [-0.3, -0.25) is 9.89 Å². The van der Waals surface area contributed by atoms with Crippen LogP contribution in [0.2, 0.25) is 0 Å². The Hall–Kier alpha value is -4.77. The third-order valence-electron chi connectivity index (χ3n) is 6.04. The zero-order valence-electron chi connectivity index (χ0n) is 18.2. The SMILES string of the molecule is O=C(N/N=C\c1c2ccccc2cc2ccccc12)c1cc(-c2ccc3ccccc3c2)n[nH]1. The minimum Gasteiger partial charge on any atom is -0.272 e. The lowest BCUT2D eigenvalue weighted by molar-refractivity contribution is 0.0950. The topological polar surface area (TPSA) is 70.1 Å². The molecule has 0 spiro atoms. The highest BCUT2D eigenvalue weighted by Crippen LogP contribution is 2.27. The average Bonchev–Trinajstić information content (AvgIpc) is 3.38. The Kier molecular flexibility index (Phi) is 4.85. The van der Waals surface area contributed by atoms with Crippen LogP contribution in [0.25, 0.3) is 43.6 Å². The highest BCUT2D eigenvalue weighted by Gasteiger charge is 2.11. The zero-order chi connectivity index (χ0) is 22.9. The molecule has 1 heterocycles. The molecule has 0 saturated carbocycles. The van der Waals surface area contributed by atoms with Gasteiger partial charge in [-0.25, -0.2) is 5.43 Å². The summed E-state index contributed by atoms with van der Waals surface area (Å²) in [5, 5.41) is 18.1. The fourth-order valence-corrected chi connectivity index (χ4v) is 4.34. The molecule has 0 fully saturated rings. The molecule has 5 aromatic carbocycles. The first-order chi connectivity index (χ1) is 16.8. The minimum absolute atomic E-state index is 0.347. The number of carbonyl (C=O) groups is 1. The highest BCUT2D eigenvalue weighted by atomic mass is 16.2. The molecule has 2 N–H and O–H groups in total. The first kappa shape index (κ1) is 19.9. The van der Waals surface area contributed by atoms with Crippen LogP contribution < -0.4 is 5.43 Å². The van der Waals surface area contributed by atoms with Crippen LogP contribution in [0.4, 0.5) is 0 Å². The van der Waals surface area contributed by atoms with Crippen molar-refractivity contribution in [3.63, 3.8) is 0 Å². The van der Waals surface area contributed by atoms with Crippen molar-refractivity contribution in [1.82, 2.24) is 15.6 Å². The number of hydrogen-bond acceptors (Lipinski definition) is 3. The van der Waals surface area contributed by atoms with Crippen molar-refractivity contribution in [3.05, 3.63) is 114 Å². The second kappa shape index (κ2) is 8.30. The van der Waals surface area contributed by atoms with E-state index < -0.39 is 0 Å². The van der Waals surface area contributed by atoms with Crippen molar-refractivity contribution in [2.75, 3.05) is 0 Å². The first-order valence-electron chi connectivity index (χ1n) is 11.0. The number of hydrazone groups is 1. The number of hydrogen-bond donors (Lipinski definition) is 2. The van der Waals surface area contributed by atoms with E-state index in [1.165, 1.54) is 0 Å². The summed E-state index contributed by atoms with van der Waals surface area (Å²) in [5.41, 5.74) is 5.60. The van der Waals surface area contributed by atoms with E-state index in [0.717, 1.165) is 43.4 Å². The molecule has 0 bridgehead atoms. The van der Waals surface area contributed by atoms with E-state index in [-0.39, 0.29) is 5.91 Å². The van der Waals surface area contributed by atoms with Crippen molar-refractivity contribution in [2.45, 2.75) is 0 Å². The number of rotatable bonds is 4. The van der Waals surface area contributed by atoms with Gasteiger partial charge < -0.3 is 0 Å². The van der Waals surface area contributed by atoms with E-state index in [9.17, 15) is 4.79 Å². The standard InChI is InChI=1S/C29H20N4O/c34-29(28-17-27(31-32-28)23-14-13-19-7-1-2-8-20(19)15-23)33-30-18-26-24-11-5-3-9-21(24)16-22-10-4-6-12-25(22)26/h1-18H,(H,31,32)(H,33,34)/b30-18-. The number of aromatic amines is 1. The largest absolute Gasteiger partial charge is 0.289 e. The van der Waals surface area contributed by atoms with Gasteiger partial charge in [0.2, 0.25) is 0 Å². The molecule has 1 amide bonds. The van der Waals surface area contributed by atoms with Crippen LogP contribution in [0.3, 0.4) is 0 Å². The van der Waals surface area contributed by atoms with Gasteiger partial charge in [0.1, 0.15) is 5.69 Å². The molecular formula is C29H20N4O. The number of nitrogens with zero attached hydrogens (tertiary/aromatic N) is 2. The number of benzene rings is 5. The summed E-state index contributed by atoms with van der Waals surface area (Å²) in [6.45, 7) is 0. The Bertz CT molecular complexity index is 1660. The van der Waals surface area contributed by atoms with Gasteiger partial charge in [0.25, 0.3) is 5.91 Å². The monoisotopic (exact) mass is 440 g/mol. The lowest BCUT2D eigenvalue weighted by Crippen LogP contribution is -2.18. The Labute approximate surface area is 195 Å². The van der Waals surface area contributed by atoms with E-state index >= 15 is 0 Å². The molecule has 5 heteroatoms. The molecule has 0 saturated heterocycles. The number of amides is 1. The smallest absolute Gasteiger partial charge is 0.272 e. The Morgan fingerprint density at radius 2 is 1.38 bits per heavy atom. The zero-order valence-corrected chi connectivity index (χ0v) is 18.2. The average molecular weight is 441 g/mol. The molecule has 0 aliphatic heterocycles. The fourth-order valence-electron chi connectivity index (χ4n) is 4.34. The molecule has 162 valence electrons. The highest BCUT2D eigenvalue weighted by molar-refractivity contribution is 6.13. The summed E-state index contributed by atoms with van der Waals surface area (Å²) in [4.78, 5) is 12.7. The molecule has 0 unspecified atom stereocenters. The lowest BCUT2D eigenvalue weighted by Gasteiger charge is -2.07. The Morgan fingerprint density at radius 3 is 2.12 bits per heavy atom. The number of nitrogens with one attached hydrogen (secondary N) is 2. The van der Waals surface area contributed by atoms with Gasteiger partial charge in [0.05, 0.1) is 11.9 Å². The Morgan fingerprint density at radius 1 is 0.735 bits per heavy atom. The number of carbonyl (C=O) groups excluding carboxylic acids is 1. The second-order valence-corrected chi connectivity index (χ2v) is 8.16. The van der Waals surface area contributed by atoms with E-state index in [4.69, 9.17) is 0 Å². The number of fused-ring (bicyclic) bond motifs is 3. The van der Waals surface area contributed by atoms with Crippen molar-refractivity contribution >= 4 is 44.4 Å². The molecule has 0 radical (unpaired) electrons. The fraction of sp³-hybridized carbons (Fsp3) is 0. The maximum Gasteiger partial charge on any atom is 0.289 e. The first-order valence-corrected chi connectivity index (χ1v) is 11.0. The van der Waals surface area contributed by atoms with Crippen LogP contribution in [0.15, 0.2) is 108 Å². The molecular weight excluding hydrogens is 420 g/mol. The summed E-state index contributed by atoms with van der Waals surface area (Å²) >= 11 is 0. The van der Waals surface area contributed by atoms with Gasteiger partial charge in [0.15, 0.2) is 0 Å². The van der Waals surface area contributed by atoms with Crippen molar-refractivity contribution < 1.29 is 4.79 Å². The van der Waals surface area contributed by atoms with Crippen molar-refractivity contribution in [3.8, 4) is 11.3 Å². The number of aromatic nitrogens is 2. The summed E-state index contributed by atoms with van der Waals surface area (Å²) in [7, 11) is 0. The molecule has 5 nitrogen and oxygen atoms in total. The van der Waals surface area contributed by atoms with Gasteiger partial charge in [-0.15, -0.1) is 0 Å². The molecule has 0 atom stereocenters. The third-order valence-corrected chi connectivity index (χ3v) is 6.04. The van der Waals surface area contributed by atoms with Crippen LogP contribution >= 0.6 is 0 Å². The van der Waals surface area contributed by atoms with Gasteiger partial charge in [-0.2, -0.15) is 10.2 Å². The quantitative estimate of drug-likeness (QED) is 0.192. The summed E-state index contributed by atoms with van der Waals surface area (Å²) < 4.78 is 0. The lowest BCUT2D eigenvalue weighted by atomic mass is 9.97. The predicted octanol–water partition coefficient (Wildman–Crippen LogP) is 6.30. The minimum atomic E-state index is -0.347. The Balaban J connectivity index is 1.27. The number of H-pyrrole nitrogens is 1. The maximum atomic E-state index is 12.7. The normalized spacial score (nSPS) is 11.5. The van der Waals surface area contributed by atoms with Crippen LogP contribution in [-0.2, 0) is 0 Å². The molecule has 1 aromatic heterocycles.